The smallest absolute Gasteiger partial charge is 0.223 e. The highest BCUT2D eigenvalue weighted by molar-refractivity contribution is 9.10. The van der Waals surface area contributed by atoms with Crippen molar-refractivity contribution in [3.63, 3.8) is 0 Å². The summed E-state index contributed by atoms with van der Waals surface area (Å²) in [6.45, 7) is 6.98. The summed E-state index contributed by atoms with van der Waals surface area (Å²) in [7, 11) is 0. The van der Waals surface area contributed by atoms with E-state index in [0.29, 0.717) is 18.4 Å². The van der Waals surface area contributed by atoms with Crippen LogP contribution in [-0.2, 0) is 6.54 Å². The first-order valence-electron chi connectivity index (χ1n) is 6.39. The van der Waals surface area contributed by atoms with Gasteiger partial charge in [-0.15, -0.1) is 0 Å². The van der Waals surface area contributed by atoms with Gasteiger partial charge >= 0.3 is 0 Å². The van der Waals surface area contributed by atoms with Crippen molar-refractivity contribution in [3.8, 4) is 0 Å². The molecule has 1 aromatic heterocycles. The Labute approximate surface area is 122 Å². The Morgan fingerprint density at radius 3 is 2.63 bits per heavy atom. The Hall–Kier alpha value is -1.42. The lowest BCUT2D eigenvalue weighted by Gasteiger charge is -2.10. The fraction of sp³-hybridized carbons (Fsp3) is 0.333. The van der Waals surface area contributed by atoms with E-state index in [4.69, 9.17) is 0 Å². The van der Waals surface area contributed by atoms with Crippen LogP contribution >= 0.6 is 15.9 Å². The van der Waals surface area contributed by atoms with E-state index < -0.39 is 0 Å². The molecule has 0 radical (unpaired) electrons. The highest BCUT2D eigenvalue weighted by Gasteiger charge is 2.06. The highest BCUT2D eigenvalue weighted by Crippen LogP contribution is 2.18. The predicted molar refractivity (Wildman–Crippen MR) is 82.3 cm³/mol. The van der Waals surface area contributed by atoms with Gasteiger partial charge in [-0.3, -0.25) is 0 Å². The van der Waals surface area contributed by atoms with E-state index in [-0.39, 0.29) is 0 Å². The molecule has 0 aliphatic rings. The van der Waals surface area contributed by atoms with Crippen LogP contribution in [0.4, 0.5) is 5.95 Å². The Bertz CT molecular complexity index is 567. The SMILES string of the molecule is Cc1cc(C(C)C)nc(NCc2ccccc2Br)n1. The maximum atomic E-state index is 4.54. The van der Waals surface area contributed by atoms with Crippen molar-refractivity contribution >= 4 is 21.9 Å². The Kier molecular flexibility index (Phi) is 4.53. The van der Waals surface area contributed by atoms with Gasteiger partial charge in [0.1, 0.15) is 0 Å². The summed E-state index contributed by atoms with van der Waals surface area (Å²) < 4.78 is 1.10. The number of hydrogen-bond donors (Lipinski definition) is 1. The van der Waals surface area contributed by atoms with Gasteiger partial charge in [-0.05, 0) is 30.5 Å². The first-order chi connectivity index (χ1) is 9.06. The lowest BCUT2D eigenvalue weighted by atomic mass is 10.1. The molecule has 4 heteroatoms. The molecule has 3 nitrogen and oxygen atoms in total. The molecule has 0 fully saturated rings. The van der Waals surface area contributed by atoms with E-state index >= 15 is 0 Å². The maximum absolute atomic E-state index is 4.54. The summed E-state index contributed by atoms with van der Waals surface area (Å²) >= 11 is 3.54. The summed E-state index contributed by atoms with van der Waals surface area (Å²) in [5.74, 6) is 1.10. The summed E-state index contributed by atoms with van der Waals surface area (Å²) in [6, 6.07) is 10.2. The van der Waals surface area contributed by atoms with Crippen LogP contribution in [0.2, 0.25) is 0 Å². The lowest BCUT2D eigenvalue weighted by Crippen LogP contribution is -2.07. The third-order valence-corrected chi connectivity index (χ3v) is 3.63. The van der Waals surface area contributed by atoms with E-state index in [1.165, 1.54) is 5.56 Å². The molecule has 0 saturated carbocycles. The van der Waals surface area contributed by atoms with E-state index in [2.05, 4.69) is 51.1 Å². The van der Waals surface area contributed by atoms with Crippen LogP contribution in [0.5, 0.6) is 0 Å². The summed E-state index contributed by atoms with van der Waals surface area (Å²) in [4.78, 5) is 8.96. The Morgan fingerprint density at radius 1 is 1.21 bits per heavy atom. The zero-order valence-electron chi connectivity index (χ0n) is 11.4. The van der Waals surface area contributed by atoms with Crippen LogP contribution < -0.4 is 5.32 Å². The number of rotatable bonds is 4. The second-order valence-corrected chi connectivity index (χ2v) is 5.71. The largest absolute Gasteiger partial charge is 0.350 e. The van der Waals surface area contributed by atoms with E-state index in [1.54, 1.807) is 0 Å². The molecular weight excluding hydrogens is 302 g/mol. The monoisotopic (exact) mass is 319 g/mol. The third kappa shape index (κ3) is 3.77. The minimum atomic E-state index is 0.408. The number of nitrogens with one attached hydrogen (secondary N) is 1. The van der Waals surface area contributed by atoms with Gasteiger partial charge in [0.05, 0.1) is 0 Å². The van der Waals surface area contributed by atoms with Gasteiger partial charge in [0, 0.05) is 22.4 Å². The van der Waals surface area contributed by atoms with E-state index in [1.807, 2.05) is 31.2 Å². The van der Waals surface area contributed by atoms with Crippen molar-refractivity contribution in [1.29, 1.82) is 0 Å². The molecule has 19 heavy (non-hydrogen) atoms. The third-order valence-electron chi connectivity index (χ3n) is 2.86. The quantitative estimate of drug-likeness (QED) is 0.913. The number of halogens is 1. The molecule has 1 N–H and O–H groups in total. The summed E-state index contributed by atoms with van der Waals surface area (Å²) in [5.41, 5.74) is 3.26. The van der Waals surface area contributed by atoms with Crippen LogP contribution in [-0.4, -0.2) is 9.97 Å². The van der Waals surface area contributed by atoms with Crippen molar-refractivity contribution < 1.29 is 0 Å². The minimum absolute atomic E-state index is 0.408. The molecule has 0 unspecified atom stereocenters. The van der Waals surface area contributed by atoms with E-state index in [9.17, 15) is 0 Å². The molecule has 1 aromatic carbocycles. The average molecular weight is 320 g/mol. The summed E-state index contributed by atoms with van der Waals surface area (Å²) in [6.07, 6.45) is 0. The topological polar surface area (TPSA) is 37.8 Å². The molecule has 0 atom stereocenters. The average Bonchev–Trinajstić information content (AvgIpc) is 2.37. The number of anilines is 1. The molecule has 100 valence electrons. The van der Waals surface area contributed by atoms with Crippen molar-refractivity contribution in [3.05, 3.63) is 51.8 Å². The van der Waals surface area contributed by atoms with Gasteiger partial charge in [0.15, 0.2) is 0 Å². The number of aryl methyl sites for hydroxylation is 1. The number of benzene rings is 1. The second-order valence-electron chi connectivity index (χ2n) is 4.86. The molecule has 0 spiro atoms. The number of aromatic nitrogens is 2. The van der Waals surface area contributed by atoms with Crippen LogP contribution in [0.25, 0.3) is 0 Å². The molecule has 0 saturated heterocycles. The van der Waals surface area contributed by atoms with E-state index in [0.717, 1.165) is 15.9 Å². The van der Waals surface area contributed by atoms with Gasteiger partial charge in [-0.25, -0.2) is 9.97 Å². The molecule has 0 amide bonds. The van der Waals surface area contributed by atoms with Crippen LogP contribution in [0, 0.1) is 6.92 Å². The normalized spacial score (nSPS) is 10.8. The predicted octanol–water partition coefficient (Wildman–Crippen LogP) is 4.28. The number of nitrogens with zero attached hydrogens (tertiary/aromatic N) is 2. The van der Waals surface area contributed by atoms with Gasteiger partial charge in [0.25, 0.3) is 0 Å². The van der Waals surface area contributed by atoms with Gasteiger partial charge in [0.2, 0.25) is 5.95 Å². The van der Waals surface area contributed by atoms with Crippen molar-refractivity contribution in [2.45, 2.75) is 33.2 Å². The first-order valence-corrected chi connectivity index (χ1v) is 7.18. The van der Waals surface area contributed by atoms with Crippen LogP contribution in [0.1, 0.15) is 36.7 Å². The maximum Gasteiger partial charge on any atom is 0.223 e. The minimum Gasteiger partial charge on any atom is -0.350 e. The van der Waals surface area contributed by atoms with Crippen LogP contribution in [0.15, 0.2) is 34.8 Å². The lowest BCUT2D eigenvalue weighted by molar-refractivity contribution is 0.808. The van der Waals surface area contributed by atoms with Gasteiger partial charge < -0.3 is 5.32 Å². The molecule has 0 aliphatic heterocycles. The number of hydrogen-bond acceptors (Lipinski definition) is 3. The molecule has 2 rings (SSSR count). The van der Waals surface area contributed by atoms with Crippen molar-refractivity contribution in [1.82, 2.24) is 9.97 Å². The van der Waals surface area contributed by atoms with Crippen molar-refractivity contribution in [2.75, 3.05) is 5.32 Å². The molecule has 0 bridgehead atoms. The summed E-state index contributed by atoms with van der Waals surface area (Å²) in [5, 5.41) is 3.29. The molecule has 1 heterocycles. The van der Waals surface area contributed by atoms with Crippen molar-refractivity contribution in [2.24, 2.45) is 0 Å². The van der Waals surface area contributed by atoms with Crippen LogP contribution in [0.3, 0.4) is 0 Å². The Balaban J connectivity index is 2.14. The second kappa shape index (κ2) is 6.15. The standard InChI is InChI=1S/C15H18BrN3/c1-10(2)14-8-11(3)18-15(19-14)17-9-12-6-4-5-7-13(12)16/h4-8,10H,9H2,1-3H3,(H,17,18,19). The van der Waals surface area contributed by atoms with Gasteiger partial charge in [-0.1, -0.05) is 48.0 Å². The molecule has 2 aromatic rings. The first kappa shape index (κ1) is 14.0. The van der Waals surface area contributed by atoms with Gasteiger partial charge in [-0.2, -0.15) is 0 Å². The fourth-order valence-corrected chi connectivity index (χ4v) is 2.21. The zero-order chi connectivity index (χ0) is 13.8. The highest BCUT2D eigenvalue weighted by atomic mass is 79.9. The molecular formula is C15H18BrN3. The fourth-order valence-electron chi connectivity index (χ4n) is 1.78. The Morgan fingerprint density at radius 2 is 1.95 bits per heavy atom. The molecule has 0 aliphatic carbocycles. The zero-order valence-corrected chi connectivity index (χ0v) is 13.0.